The Morgan fingerprint density at radius 1 is 1.50 bits per heavy atom. The fraction of sp³-hybridized carbons (Fsp3) is 0.400. The highest BCUT2D eigenvalue weighted by Crippen LogP contribution is 2.28. The summed E-state index contributed by atoms with van der Waals surface area (Å²) < 4.78 is 13.0. The van der Waals surface area contributed by atoms with Gasteiger partial charge in [-0.2, -0.15) is 0 Å². The molecule has 1 aliphatic heterocycles. The third kappa shape index (κ3) is 3.21. The average molecular weight is 414 g/mol. The number of hydrogen-bond donors (Lipinski definition) is 3. The second-order valence-corrected chi connectivity index (χ2v) is 6.84. The van der Waals surface area contributed by atoms with Gasteiger partial charge in [-0.3, -0.25) is 0 Å². The van der Waals surface area contributed by atoms with Crippen molar-refractivity contribution in [1.82, 2.24) is 3.53 Å². The zero-order chi connectivity index (χ0) is 15.5. The summed E-state index contributed by atoms with van der Waals surface area (Å²) in [6.07, 6.45) is 11.4. The van der Waals surface area contributed by atoms with Crippen molar-refractivity contribution in [3.8, 4) is 0 Å². The van der Waals surface area contributed by atoms with E-state index in [0.29, 0.717) is 5.76 Å². The lowest BCUT2D eigenvalue weighted by Crippen LogP contribution is -2.37. The van der Waals surface area contributed by atoms with Gasteiger partial charge in [0.05, 0.1) is 19.1 Å². The number of rotatable bonds is 3. The van der Waals surface area contributed by atoms with Crippen LogP contribution in [0.2, 0.25) is 0 Å². The van der Waals surface area contributed by atoms with Gasteiger partial charge in [-0.05, 0) is 18.6 Å². The number of nitrogens with one attached hydrogen (secondary N) is 1. The molecule has 0 aromatic rings. The van der Waals surface area contributed by atoms with E-state index in [2.05, 4.69) is 17.7 Å². The third-order valence-corrected chi connectivity index (χ3v) is 5.41. The molecule has 0 saturated heterocycles. The zero-order valence-corrected chi connectivity index (χ0v) is 14.3. The van der Waals surface area contributed by atoms with Crippen LogP contribution in [0.25, 0.3) is 0 Å². The molecular weight excluding hydrogens is 395 g/mol. The second kappa shape index (κ2) is 6.84. The van der Waals surface area contributed by atoms with Crippen molar-refractivity contribution in [3.63, 3.8) is 0 Å². The summed E-state index contributed by atoms with van der Waals surface area (Å²) in [5.74, 6) is 1.33. The topological polar surface area (TPSA) is 92.2 Å². The van der Waals surface area contributed by atoms with Crippen molar-refractivity contribution in [2.45, 2.75) is 24.7 Å². The maximum atomic E-state index is 10.3. The molecule has 1 heterocycles. The van der Waals surface area contributed by atoms with Gasteiger partial charge in [0.1, 0.15) is 32.9 Å². The standard InChI is InChI=1S/C15H19IN4O2/c1-22-9-6-7-11(13(21)8-9)15-18-14(19-16-20-15)10-4-2-3-5-12(10)17/h2-4,6-8,11-13,15,21H,5,17H2,1H3,(H,18,19,20). The van der Waals surface area contributed by atoms with Gasteiger partial charge in [0.2, 0.25) is 0 Å². The number of amidine groups is 1. The van der Waals surface area contributed by atoms with Crippen LogP contribution in [0.5, 0.6) is 0 Å². The van der Waals surface area contributed by atoms with E-state index in [1.807, 2.05) is 24.3 Å². The smallest absolute Gasteiger partial charge is 0.158 e. The van der Waals surface area contributed by atoms with E-state index in [0.717, 1.165) is 17.8 Å². The van der Waals surface area contributed by atoms with E-state index in [9.17, 15) is 5.11 Å². The predicted molar refractivity (Wildman–Crippen MR) is 94.4 cm³/mol. The summed E-state index contributed by atoms with van der Waals surface area (Å²) in [5, 5.41) is 10.3. The second-order valence-electron chi connectivity index (χ2n) is 5.26. The number of methoxy groups -OCH3 is 1. The summed E-state index contributed by atoms with van der Waals surface area (Å²) in [7, 11) is 1.59. The maximum absolute atomic E-state index is 10.3. The highest BCUT2D eigenvalue weighted by Gasteiger charge is 2.30. The number of aliphatic imine (C=N–C) groups is 1. The molecule has 0 bridgehead atoms. The SMILES string of the molecule is COC1=CC(O)C(C2N=INC(C3=CC=CCC3N)=N2)C=C1. The highest BCUT2D eigenvalue weighted by molar-refractivity contribution is 14.1. The maximum Gasteiger partial charge on any atom is 0.158 e. The van der Waals surface area contributed by atoms with Gasteiger partial charge in [-0.25, -0.2) is 8.14 Å². The van der Waals surface area contributed by atoms with Crippen LogP contribution in [0.4, 0.5) is 0 Å². The Balaban J connectivity index is 1.81. The van der Waals surface area contributed by atoms with Crippen LogP contribution in [0.3, 0.4) is 0 Å². The first-order valence-corrected chi connectivity index (χ1v) is 9.15. The molecule has 0 amide bonds. The average Bonchev–Trinajstić information content (AvgIpc) is 2.55. The van der Waals surface area contributed by atoms with E-state index in [1.165, 1.54) is 0 Å². The first kappa shape index (κ1) is 15.6. The third-order valence-electron chi connectivity index (χ3n) is 3.81. The lowest BCUT2D eigenvalue weighted by molar-refractivity contribution is 0.153. The first-order chi connectivity index (χ1) is 10.7. The minimum Gasteiger partial charge on any atom is -0.497 e. The van der Waals surface area contributed by atoms with Crippen molar-refractivity contribution >= 4 is 27.1 Å². The number of hydrogen-bond acceptors (Lipinski definition) is 6. The highest BCUT2D eigenvalue weighted by atomic mass is 127. The van der Waals surface area contributed by atoms with Gasteiger partial charge in [-0.15, -0.1) is 0 Å². The Kier molecular flexibility index (Phi) is 4.84. The molecule has 3 aliphatic rings. The summed E-state index contributed by atoms with van der Waals surface area (Å²) >= 11 is -0.547. The van der Waals surface area contributed by atoms with Crippen LogP contribution in [0.15, 0.2) is 55.9 Å². The molecule has 0 radical (unpaired) electrons. The summed E-state index contributed by atoms with van der Waals surface area (Å²) in [6, 6.07) is -0.0363. The van der Waals surface area contributed by atoms with Gasteiger partial charge in [0, 0.05) is 11.6 Å². The van der Waals surface area contributed by atoms with Gasteiger partial charge < -0.3 is 19.1 Å². The van der Waals surface area contributed by atoms with E-state index >= 15 is 0 Å². The molecule has 22 heavy (non-hydrogen) atoms. The summed E-state index contributed by atoms with van der Waals surface area (Å²) in [6.45, 7) is 0. The number of halogens is 1. The monoisotopic (exact) mass is 414 g/mol. The molecule has 4 atom stereocenters. The molecule has 0 fully saturated rings. The zero-order valence-electron chi connectivity index (χ0n) is 12.2. The Labute approximate surface area is 140 Å². The number of aliphatic hydroxyl groups excluding tert-OH is 1. The largest absolute Gasteiger partial charge is 0.497 e. The predicted octanol–water partition coefficient (Wildman–Crippen LogP) is 1.67. The van der Waals surface area contributed by atoms with Crippen LogP contribution in [0.1, 0.15) is 6.42 Å². The summed E-state index contributed by atoms with van der Waals surface area (Å²) in [5.41, 5.74) is 7.17. The molecule has 0 aromatic heterocycles. The van der Waals surface area contributed by atoms with Crippen molar-refractivity contribution in [2.75, 3.05) is 7.11 Å². The van der Waals surface area contributed by atoms with Crippen LogP contribution < -0.4 is 9.26 Å². The van der Waals surface area contributed by atoms with Crippen LogP contribution in [-0.2, 0) is 4.74 Å². The van der Waals surface area contributed by atoms with E-state index in [1.54, 1.807) is 13.2 Å². The Morgan fingerprint density at radius 3 is 3.09 bits per heavy atom. The number of ether oxygens (including phenoxy) is 1. The van der Waals surface area contributed by atoms with Crippen molar-refractivity contribution < 1.29 is 9.84 Å². The van der Waals surface area contributed by atoms with E-state index in [-0.39, 0.29) is 18.1 Å². The molecule has 0 aromatic carbocycles. The fourth-order valence-electron chi connectivity index (χ4n) is 2.54. The quantitative estimate of drug-likeness (QED) is 0.484. The number of nitrogens with zero attached hydrogens (tertiary/aromatic N) is 2. The van der Waals surface area contributed by atoms with Crippen LogP contribution >= 0.6 is 21.3 Å². The van der Waals surface area contributed by atoms with Gasteiger partial charge in [0.25, 0.3) is 0 Å². The minimum absolute atomic E-state index is 0.0363. The van der Waals surface area contributed by atoms with Crippen molar-refractivity contribution in [3.05, 3.63) is 47.8 Å². The molecule has 118 valence electrons. The number of allylic oxidation sites excluding steroid dienone is 3. The Morgan fingerprint density at radius 2 is 2.36 bits per heavy atom. The molecule has 0 saturated carbocycles. The van der Waals surface area contributed by atoms with Gasteiger partial charge in [-0.1, -0.05) is 24.3 Å². The molecule has 4 unspecified atom stereocenters. The minimum atomic E-state index is -0.644. The molecule has 2 aliphatic carbocycles. The van der Waals surface area contributed by atoms with Crippen LogP contribution in [-0.4, -0.2) is 36.4 Å². The molecule has 0 spiro atoms. The Bertz CT molecular complexity index is 621. The van der Waals surface area contributed by atoms with Crippen molar-refractivity contribution in [1.29, 1.82) is 0 Å². The number of nitrogens with two attached hydrogens (primary N) is 1. The van der Waals surface area contributed by atoms with E-state index < -0.39 is 27.4 Å². The van der Waals surface area contributed by atoms with Gasteiger partial charge >= 0.3 is 0 Å². The normalized spacial score (nSPS) is 34.0. The summed E-state index contributed by atoms with van der Waals surface area (Å²) in [4.78, 5) is 4.68. The first-order valence-electron chi connectivity index (χ1n) is 7.11. The van der Waals surface area contributed by atoms with Crippen LogP contribution in [0, 0.1) is 5.92 Å². The lowest BCUT2D eigenvalue weighted by atomic mass is 9.94. The Hall–Kier alpha value is -1.32. The molecule has 4 N–H and O–H groups in total. The molecule has 6 nitrogen and oxygen atoms in total. The van der Waals surface area contributed by atoms with Crippen molar-refractivity contribution in [2.24, 2.45) is 19.8 Å². The lowest BCUT2D eigenvalue weighted by Gasteiger charge is -2.28. The molecule has 3 rings (SSSR count). The molecule has 7 heteroatoms. The molecular formula is C15H19IN4O2. The fourth-order valence-corrected chi connectivity index (χ4v) is 4.14. The van der Waals surface area contributed by atoms with E-state index in [4.69, 9.17) is 10.5 Å². The number of aliphatic hydroxyl groups is 1. The van der Waals surface area contributed by atoms with Gasteiger partial charge in [0.15, 0.2) is 6.17 Å².